The molecule has 0 unspecified atom stereocenters. The van der Waals surface area contributed by atoms with Crippen LogP contribution in [-0.4, -0.2) is 15.5 Å². The van der Waals surface area contributed by atoms with Gasteiger partial charge in [0.25, 0.3) is 10.0 Å². The van der Waals surface area contributed by atoms with Gasteiger partial charge in [0.1, 0.15) is 9.23 Å². The van der Waals surface area contributed by atoms with Crippen molar-refractivity contribution in [3.63, 3.8) is 0 Å². The van der Waals surface area contributed by atoms with E-state index in [1.807, 2.05) is 12.1 Å². The lowest BCUT2D eigenvalue weighted by Gasteiger charge is -2.11. The van der Waals surface area contributed by atoms with E-state index in [0.717, 1.165) is 16.9 Å². The molecule has 4 nitrogen and oxygen atoms in total. The van der Waals surface area contributed by atoms with E-state index in [2.05, 4.69) is 10.0 Å². The van der Waals surface area contributed by atoms with Crippen LogP contribution in [-0.2, 0) is 16.6 Å². The minimum Gasteiger partial charge on any atom is -0.316 e. The minimum atomic E-state index is -3.75. The van der Waals surface area contributed by atoms with E-state index in [4.69, 9.17) is 23.2 Å². The van der Waals surface area contributed by atoms with Gasteiger partial charge < -0.3 is 5.32 Å². The first-order valence-corrected chi connectivity index (χ1v) is 8.70. The average molecular weight is 351 g/mol. The van der Waals surface area contributed by atoms with Crippen LogP contribution in [0.4, 0.5) is 5.69 Å². The lowest BCUT2D eigenvalue weighted by Crippen LogP contribution is -2.15. The summed E-state index contributed by atoms with van der Waals surface area (Å²) in [5, 5.41) is 2.99. The van der Waals surface area contributed by atoms with Crippen LogP contribution in [0.25, 0.3) is 0 Å². The van der Waals surface area contributed by atoms with Gasteiger partial charge in [-0.25, -0.2) is 8.42 Å². The van der Waals surface area contributed by atoms with Gasteiger partial charge in [0.05, 0.1) is 10.0 Å². The van der Waals surface area contributed by atoms with E-state index in [0.29, 0.717) is 16.6 Å². The Kier molecular flexibility index (Phi) is 4.93. The number of hydrogen-bond donors (Lipinski definition) is 2. The zero-order valence-corrected chi connectivity index (χ0v) is 13.6. The van der Waals surface area contributed by atoms with Gasteiger partial charge in [-0.1, -0.05) is 41.4 Å². The molecule has 0 bridgehead atoms. The van der Waals surface area contributed by atoms with Crippen molar-refractivity contribution >= 4 is 50.2 Å². The Labute approximate surface area is 131 Å². The van der Waals surface area contributed by atoms with Crippen molar-refractivity contribution in [2.75, 3.05) is 11.8 Å². The molecule has 0 aliphatic heterocycles. The van der Waals surface area contributed by atoms with Crippen LogP contribution < -0.4 is 10.0 Å². The summed E-state index contributed by atoms with van der Waals surface area (Å²) in [4.78, 5) is -0.00609. The van der Waals surface area contributed by atoms with E-state index in [9.17, 15) is 8.42 Å². The molecular weight excluding hydrogens is 339 g/mol. The second-order valence-corrected chi connectivity index (χ2v) is 7.92. The van der Waals surface area contributed by atoms with E-state index < -0.39 is 10.0 Å². The summed E-state index contributed by atoms with van der Waals surface area (Å²) >= 11 is 12.7. The summed E-state index contributed by atoms with van der Waals surface area (Å²) < 4.78 is 27.7. The van der Waals surface area contributed by atoms with Gasteiger partial charge in [-0.3, -0.25) is 4.72 Å². The molecule has 0 spiro atoms. The molecule has 2 rings (SSSR count). The molecule has 0 amide bonds. The third kappa shape index (κ3) is 3.45. The Bertz CT molecular complexity index is 714. The number of halogens is 2. The first kappa shape index (κ1) is 15.6. The molecule has 1 aromatic carbocycles. The maximum atomic E-state index is 12.3. The predicted molar refractivity (Wildman–Crippen MR) is 84.4 cm³/mol. The van der Waals surface area contributed by atoms with Crippen LogP contribution >= 0.6 is 34.5 Å². The number of sulfonamides is 1. The number of thiophene rings is 1. The molecular formula is C12H12Cl2N2O2S2. The fraction of sp³-hybridized carbons (Fsp3) is 0.167. The molecule has 0 aliphatic carbocycles. The van der Waals surface area contributed by atoms with E-state index in [1.54, 1.807) is 19.2 Å². The van der Waals surface area contributed by atoms with Gasteiger partial charge in [-0.15, -0.1) is 11.3 Å². The molecule has 108 valence electrons. The standard InChI is InChI=1S/C12H12Cl2N2O2S2/c1-15-7-8-4-2-3-5-9(8)16-20(17,18)10-6-11(13)19-12(10)14/h2-6,15-16H,7H2,1H3. The van der Waals surface area contributed by atoms with Gasteiger partial charge in [-0.2, -0.15) is 0 Å². The Hall–Kier alpha value is -0.790. The molecule has 0 saturated heterocycles. The lowest BCUT2D eigenvalue weighted by molar-refractivity contribution is 0.601. The maximum absolute atomic E-state index is 12.3. The zero-order chi connectivity index (χ0) is 14.8. The third-order valence-corrected chi connectivity index (χ3v) is 5.66. The number of anilines is 1. The van der Waals surface area contributed by atoms with E-state index in [1.165, 1.54) is 6.07 Å². The molecule has 2 aromatic rings. The highest BCUT2D eigenvalue weighted by Crippen LogP contribution is 2.35. The largest absolute Gasteiger partial charge is 0.316 e. The van der Waals surface area contributed by atoms with Crippen LogP contribution in [0.15, 0.2) is 35.2 Å². The number of benzene rings is 1. The Morgan fingerprint density at radius 2 is 1.95 bits per heavy atom. The van der Waals surface area contributed by atoms with Gasteiger partial charge in [0.15, 0.2) is 0 Å². The topological polar surface area (TPSA) is 58.2 Å². The van der Waals surface area contributed by atoms with Crippen molar-refractivity contribution in [3.05, 3.63) is 44.6 Å². The van der Waals surface area contributed by atoms with E-state index in [-0.39, 0.29) is 9.23 Å². The second kappa shape index (κ2) is 6.32. The Morgan fingerprint density at radius 3 is 2.55 bits per heavy atom. The first-order valence-electron chi connectivity index (χ1n) is 5.64. The second-order valence-electron chi connectivity index (χ2n) is 3.98. The molecule has 0 saturated carbocycles. The summed E-state index contributed by atoms with van der Waals surface area (Å²) in [6.07, 6.45) is 0. The van der Waals surface area contributed by atoms with Crippen LogP contribution in [0, 0.1) is 0 Å². The average Bonchev–Trinajstić information content (AvgIpc) is 2.72. The van der Waals surface area contributed by atoms with Crippen molar-refractivity contribution < 1.29 is 8.42 Å². The Morgan fingerprint density at radius 1 is 1.25 bits per heavy atom. The summed E-state index contributed by atoms with van der Waals surface area (Å²) in [7, 11) is -1.96. The molecule has 0 radical (unpaired) electrons. The van der Waals surface area contributed by atoms with Gasteiger partial charge in [0, 0.05) is 6.54 Å². The number of rotatable bonds is 5. The lowest BCUT2D eigenvalue weighted by atomic mass is 10.2. The smallest absolute Gasteiger partial charge is 0.264 e. The summed E-state index contributed by atoms with van der Waals surface area (Å²) in [6, 6.07) is 8.50. The van der Waals surface area contributed by atoms with Crippen molar-refractivity contribution in [2.24, 2.45) is 0 Å². The van der Waals surface area contributed by atoms with Gasteiger partial charge in [0.2, 0.25) is 0 Å². The van der Waals surface area contributed by atoms with Crippen LogP contribution in [0.2, 0.25) is 8.67 Å². The highest BCUT2D eigenvalue weighted by Gasteiger charge is 2.21. The maximum Gasteiger partial charge on any atom is 0.264 e. The molecule has 20 heavy (non-hydrogen) atoms. The fourth-order valence-electron chi connectivity index (χ4n) is 1.67. The molecule has 0 atom stereocenters. The third-order valence-electron chi connectivity index (χ3n) is 2.54. The van der Waals surface area contributed by atoms with Crippen LogP contribution in [0.5, 0.6) is 0 Å². The quantitative estimate of drug-likeness (QED) is 0.866. The van der Waals surface area contributed by atoms with Gasteiger partial charge in [-0.05, 0) is 24.7 Å². The molecule has 0 fully saturated rings. The Balaban J connectivity index is 2.36. The van der Waals surface area contributed by atoms with Crippen molar-refractivity contribution in [3.8, 4) is 0 Å². The van der Waals surface area contributed by atoms with Gasteiger partial charge >= 0.3 is 0 Å². The highest BCUT2D eigenvalue weighted by atomic mass is 35.5. The van der Waals surface area contributed by atoms with Crippen molar-refractivity contribution in [1.29, 1.82) is 0 Å². The predicted octanol–water partition coefficient (Wildman–Crippen LogP) is 3.58. The first-order chi connectivity index (χ1) is 9.44. The molecule has 1 heterocycles. The normalized spacial score (nSPS) is 11.6. The number of hydrogen-bond acceptors (Lipinski definition) is 4. The molecule has 1 aromatic heterocycles. The fourth-order valence-corrected chi connectivity index (χ4v) is 4.92. The minimum absolute atomic E-state index is 0.00609. The van der Waals surface area contributed by atoms with Crippen molar-refractivity contribution in [1.82, 2.24) is 5.32 Å². The number of para-hydroxylation sites is 1. The highest BCUT2D eigenvalue weighted by molar-refractivity contribution is 7.93. The monoisotopic (exact) mass is 350 g/mol. The SMILES string of the molecule is CNCc1ccccc1NS(=O)(=O)c1cc(Cl)sc1Cl. The summed E-state index contributed by atoms with van der Waals surface area (Å²) in [6.45, 7) is 0.552. The molecule has 8 heteroatoms. The number of nitrogens with one attached hydrogen (secondary N) is 2. The zero-order valence-electron chi connectivity index (χ0n) is 10.5. The van der Waals surface area contributed by atoms with Crippen molar-refractivity contribution in [2.45, 2.75) is 11.4 Å². The molecule has 2 N–H and O–H groups in total. The summed E-state index contributed by atoms with van der Waals surface area (Å²) in [5.74, 6) is 0. The van der Waals surface area contributed by atoms with Crippen LogP contribution in [0.3, 0.4) is 0 Å². The summed E-state index contributed by atoms with van der Waals surface area (Å²) in [5.41, 5.74) is 1.36. The molecule has 0 aliphatic rings. The van der Waals surface area contributed by atoms with E-state index >= 15 is 0 Å². The van der Waals surface area contributed by atoms with Crippen LogP contribution in [0.1, 0.15) is 5.56 Å².